The zero-order valence-electron chi connectivity index (χ0n) is 12.1. The molecule has 2 aromatic carbocycles. The number of rotatable bonds is 3. The number of guanidine groups is 1. The number of fused-ring (bicyclic) bond motifs is 1. The third-order valence-electron chi connectivity index (χ3n) is 4.25. The summed E-state index contributed by atoms with van der Waals surface area (Å²) in [4.78, 5) is 6.70. The molecule has 0 bridgehead atoms. The standard InChI is InChI=1S/C17H21N3/c1-3-12(2)20-16(11-19-17(20)18)15-9-8-13-6-4-5-7-14(13)10-15/h4-10,12,16H,3,11H2,1-2H3,(H2,18,19). The highest BCUT2D eigenvalue weighted by molar-refractivity contribution is 5.84. The van der Waals surface area contributed by atoms with Crippen LogP contribution in [-0.2, 0) is 0 Å². The van der Waals surface area contributed by atoms with Crippen molar-refractivity contribution in [3.05, 3.63) is 48.0 Å². The van der Waals surface area contributed by atoms with E-state index in [9.17, 15) is 0 Å². The maximum absolute atomic E-state index is 6.07. The van der Waals surface area contributed by atoms with Gasteiger partial charge in [-0.2, -0.15) is 0 Å². The lowest BCUT2D eigenvalue weighted by atomic mass is 10.00. The average molecular weight is 267 g/mol. The van der Waals surface area contributed by atoms with Crippen molar-refractivity contribution in [3.63, 3.8) is 0 Å². The Kier molecular flexibility index (Phi) is 3.35. The van der Waals surface area contributed by atoms with E-state index in [-0.39, 0.29) is 6.04 Å². The van der Waals surface area contributed by atoms with Gasteiger partial charge in [-0.05, 0) is 35.7 Å². The minimum Gasteiger partial charge on any atom is -0.370 e. The van der Waals surface area contributed by atoms with Crippen LogP contribution < -0.4 is 5.73 Å². The molecule has 1 heterocycles. The number of nitrogens with zero attached hydrogens (tertiary/aromatic N) is 2. The first-order chi connectivity index (χ1) is 9.70. The normalized spacial score (nSPS) is 20.2. The van der Waals surface area contributed by atoms with Crippen LogP contribution in [0.2, 0.25) is 0 Å². The number of hydrogen-bond acceptors (Lipinski definition) is 3. The fraction of sp³-hybridized carbons (Fsp3) is 0.353. The summed E-state index contributed by atoms with van der Waals surface area (Å²) in [5, 5.41) is 2.55. The molecule has 0 saturated heterocycles. The number of aliphatic imine (C=N–C) groups is 1. The Labute approximate surface area is 120 Å². The van der Waals surface area contributed by atoms with Crippen LogP contribution in [0.4, 0.5) is 0 Å². The van der Waals surface area contributed by atoms with Gasteiger partial charge in [0, 0.05) is 6.04 Å². The largest absolute Gasteiger partial charge is 0.370 e. The first kappa shape index (κ1) is 13.0. The highest BCUT2D eigenvalue weighted by Crippen LogP contribution is 2.30. The summed E-state index contributed by atoms with van der Waals surface area (Å²) >= 11 is 0. The molecule has 2 unspecified atom stereocenters. The molecule has 0 aromatic heterocycles. The number of benzene rings is 2. The van der Waals surface area contributed by atoms with Gasteiger partial charge in [-0.3, -0.25) is 4.99 Å². The van der Waals surface area contributed by atoms with Crippen LogP contribution in [0.1, 0.15) is 31.9 Å². The first-order valence-corrected chi connectivity index (χ1v) is 7.27. The van der Waals surface area contributed by atoms with Gasteiger partial charge < -0.3 is 10.6 Å². The summed E-state index contributed by atoms with van der Waals surface area (Å²) in [6, 6.07) is 15.8. The highest BCUT2D eigenvalue weighted by Gasteiger charge is 2.30. The lowest BCUT2D eigenvalue weighted by Gasteiger charge is -2.32. The lowest BCUT2D eigenvalue weighted by Crippen LogP contribution is -2.42. The van der Waals surface area contributed by atoms with Crippen LogP contribution in [0.25, 0.3) is 10.8 Å². The average Bonchev–Trinajstić information content (AvgIpc) is 2.87. The molecule has 0 aliphatic carbocycles. The van der Waals surface area contributed by atoms with Crippen LogP contribution in [0, 0.1) is 0 Å². The topological polar surface area (TPSA) is 41.6 Å². The maximum Gasteiger partial charge on any atom is 0.192 e. The first-order valence-electron chi connectivity index (χ1n) is 7.27. The van der Waals surface area contributed by atoms with Crippen molar-refractivity contribution >= 4 is 16.7 Å². The summed E-state index contributed by atoms with van der Waals surface area (Å²) in [5.74, 6) is 0.678. The van der Waals surface area contributed by atoms with Crippen molar-refractivity contribution in [2.45, 2.75) is 32.4 Å². The predicted octanol–water partition coefficient (Wildman–Crippen LogP) is 3.31. The molecule has 0 spiro atoms. The van der Waals surface area contributed by atoms with Gasteiger partial charge in [-0.15, -0.1) is 0 Å². The number of nitrogens with two attached hydrogens (primary N) is 1. The van der Waals surface area contributed by atoms with E-state index in [4.69, 9.17) is 5.73 Å². The van der Waals surface area contributed by atoms with Crippen LogP contribution in [-0.4, -0.2) is 23.4 Å². The molecule has 3 heteroatoms. The van der Waals surface area contributed by atoms with Gasteiger partial charge in [0.25, 0.3) is 0 Å². The van der Waals surface area contributed by atoms with Crippen LogP contribution in [0.3, 0.4) is 0 Å². The van der Waals surface area contributed by atoms with E-state index in [0.29, 0.717) is 12.0 Å². The van der Waals surface area contributed by atoms with Crippen molar-refractivity contribution in [1.82, 2.24) is 4.90 Å². The zero-order chi connectivity index (χ0) is 14.1. The van der Waals surface area contributed by atoms with Crippen LogP contribution in [0.15, 0.2) is 47.5 Å². The molecule has 3 nitrogen and oxygen atoms in total. The molecule has 2 atom stereocenters. The molecular formula is C17H21N3. The molecule has 0 amide bonds. The second-order valence-electron chi connectivity index (χ2n) is 5.49. The molecule has 3 rings (SSSR count). The van der Waals surface area contributed by atoms with E-state index in [1.54, 1.807) is 0 Å². The fourth-order valence-corrected chi connectivity index (χ4v) is 2.92. The Morgan fingerprint density at radius 2 is 2.00 bits per heavy atom. The minimum absolute atomic E-state index is 0.273. The van der Waals surface area contributed by atoms with Crippen molar-refractivity contribution in [2.75, 3.05) is 6.54 Å². The molecule has 104 valence electrons. The second kappa shape index (κ2) is 5.16. The third-order valence-corrected chi connectivity index (χ3v) is 4.25. The summed E-state index contributed by atoms with van der Waals surface area (Å²) in [5.41, 5.74) is 7.37. The minimum atomic E-state index is 0.273. The smallest absolute Gasteiger partial charge is 0.192 e. The fourth-order valence-electron chi connectivity index (χ4n) is 2.92. The van der Waals surface area contributed by atoms with E-state index >= 15 is 0 Å². The Morgan fingerprint density at radius 1 is 1.25 bits per heavy atom. The van der Waals surface area contributed by atoms with E-state index in [0.717, 1.165) is 13.0 Å². The Bertz CT molecular complexity index is 647. The Balaban J connectivity index is 1.98. The van der Waals surface area contributed by atoms with Crippen molar-refractivity contribution < 1.29 is 0 Å². The van der Waals surface area contributed by atoms with Gasteiger partial charge in [-0.25, -0.2) is 0 Å². The molecule has 2 aromatic rings. The third kappa shape index (κ3) is 2.13. The van der Waals surface area contributed by atoms with E-state index in [2.05, 4.69) is 66.2 Å². The van der Waals surface area contributed by atoms with Crippen molar-refractivity contribution in [1.29, 1.82) is 0 Å². The predicted molar refractivity (Wildman–Crippen MR) is 84.8 cm³/mol. The molecule has 1 aliphatic rings. The lowest BCUT2D eigenvalue weighted by molar-refractivity contribution is 0.268. The summed E-state index contributed by atoms with van der Waals surface area (Å²) in [7, 11) is 0. The van der Waals surface area contributed by atoms with E-state index in [1.807, 2.05) is 0 Å². The molecule has 2 N–H and O–H groups in total. The SMILES string of the molecule is CCC(C)N1C(N)=NCC1c1ccc2ccccc2c1. The van der Waals surface area contributed by atoms with Crippen molar-refractivity contribution in [2.24, 2.45) is 10.7 Å². The van der Waals surface area contributed by atoms with Crippen LogP contribution >= 0.6 is 0 Å². The van der Waals surface area contributed by atoms with E-state index < -0.39 is 0 Å². The highest BCUT2D eigenvalue weighted by atomic mass is 15.3. The second-order valence-corrected chi connectivity index (χ2v) is 5.49. The molecular weight excluding hydrogens is 246 g/mol. The van der Waals surface area contributed by atoms with Gasteiger partial charge in [0.1, 0.15) is 0 Å². The molecule has 0 fully saturated rings. The van der Waals surface area contributed by atoms with Gasteiger partial charge in [0.05, 0.1) is 12.6 Å². The molecule has 0 saturated carbocycles. The Hall–Kier alpha value is -2.03. The zero-order valence-corrected chi connectivity index (χ0v) is 12.1. The van der Waals surface area contributed by atoms with E-state index in [1.165, 1.54) is 16.3 Å². The molecule has 20 heavy (non-hydrogen) atoms. The van der Waals surface area contributed by atoms with Gasteiger partial charge in [0.15, 0.2) is 5.96 Å². The van der Waals surface area contributed by atoms with Gasteiger partial charge in [-0.1, -0.05) is 43.3 Å². The van der Waals surface area contributed by atoms with Gasteiger partial charge >= 0.3 is 0 Å². The van der Waals surface area contributed by atoms with Crippen molar-refractivity contribution in [3.8, 4) is 0 Å². The maximum atomic E-state index is 6.07. The monoisotopic (exact) mass is 267 g/mol. The van der Waals surface area contributed by atoms with Gasteiger partial charge in [0.2, 0.25) is 0 Å². The molecule has 1 aliphatic heterocycles. The molecule has 0 radical (unpaired) electrons. The summed E-state index contributed by atoms with van der Waals surface area (Å²) < 4.78 is 0. The quantitative estimate of drug-likeness (QED) is 0.927. The Morgan fingerprint density at radius 3 is 2.75 bits per heavy atom. The van der Waals surface area contributed by atoms with Crippen LogP contribution in [0.5, 0.6) is 0 Å². The number of hydrogen-bond donors (Lipinski definition) is 1. The summed E-state index contributed by atoms with van der Waals surface area (Å²) in [6.45, 7) is 5.16. The summed E-state index contributed by atoms with van der Waals surface area (Å²) in [6.07, 6.45) is 1.07.